The van der Waals surface area contributed by atoms with Gasteiger partial charge in [-0.2, -0.15) is 0 Å². The lowest BCUT2D eigenvalue weighted by atomic mass is 10.1. The Labute approximate surface area is 145 Å². The molecule has 0 heterocycles. The lowest BCUT2D eigenvalue weighted by molar-refractivity contribution is -0.128. The molecule has 0 bridgehead atoms. The third kappa shape index (κ3) is 4.53. The number of nitrogens with one attached hydrogen (secondary N) is 1. The van der Waals surface area contributed by atoms with Crippen molar-refractivity contribution in [2.75, 3.05) is 12.4 Å². The molecule has 1 amide bonds. The molecular weight excluding hydrogens is 337 g/mol. The van der Waals surface area contributed by atoms with Crippen LogP contribution in [0.5, 0.6) is 11.5 Å². The second-order valence-electron chi connectivity index (χ2n) is 5.37. The molecule has 1 N–H and O–H groups in total. The Morgan fingerprint density at radius 3 is 2.26 bits per heavy atom. The normalized spacial score (nSPS) is 11.0. The second-order valence-corrected chi connectivity index (χ2v) is 6.24. The molecule has 122 valence electrons. The van der Waals surface area contributed by atoms with Crippen LogP contribution in [0.3, 0.4) is 0 Å². The van der Waals surface area contributed by atoms with E-state index < -0.39 is 5.60 Å². The minimum absolute atomic E-state index is 0.326. The minimum Gasteiger partial charge on any atom is -0.495 e. The molecule has 2 aromatic rings. The number of ether oxygens (including phenoxy) is 2. The van der Waals surface area contributed by atoms with Gasteiger partial charge in [0.2, 0.25) is 0 Å². The Morgan fingerprint density at radius 1 is 1.04 bits per heavy atom. The van der Waals surface area contributed by atoms with E-state index in [0.29, 0.717) is 27.2 Å². The monoisotopic (exact) mass is 353 g/mol. The van der Waals surface area contributed by atoms with Gasteiger partial charge in [0.15, 0.2) is 5.60 Å². The molecular formula is C17H17Cl2NO3. The van der Waals surface area contributed by atoms with E-state index in [0.717, 1.165) is 0 Å². The molecule has 0 atom stereocenters. The van der Waals surface area contributed by atoms with Crippen molar-refractivity contribution in [2.45, 2.75) is 19.4 Å². The van der Waals surface area contributed by atoms with Gasteiger partial charge in [-0.3, -0.25) is 4.79 Å². The van der Waals surface area contributed by atoms with E-state index in [4.69, 9.17) is 32.7 Å². The molecule has 0 spiro atoms. The van der Waals surface area contributed by atoms with E-state index in [2.05, 4.69) is 5.32 Å². The Kier molecular flexibility index (Phi) is 5.39. The lowest BCUT2D eigenvalue weighted by Gasteiger charge is -2.25. The summed E-state index contributed by atoms with van der Waals surface area (Å²) in [5.41, 5.74) is -0.612. The third-order valence-corrected chi connectivity index (χ3v) is 3.63. The van der Waals surface area contributed by atoms with Crippen LogP contribution in [0.2, 0.25) is 10.0 Å². The van der Waals surface area contributed by atoms with E-state index >= 15 is 0 Å². The van der Waals surface area contributed by atoms with Gasteiger partial charge in [0.1, 0.15) is 11.5 Å². The molecule has 6 heteroatoms. The van der Waals surface area contributed by atoms with Crippen molar-refractivity contribution in [2.24, 2.45) is 0 Å². The summed E-state index contributed by atoms with van der Waals surface area (Å²) >= 11 is 11.8. The molecule has 2 aromatic carbocycles. The first-order valence-electron chi connectivity index (χ1n) is 6.91. The minimum atomic E-state index is -1.10. The largest absolute Gasteiger partial charge is 0.495 e. The topological polar surface area (TPSA) is 47.6 Å². The van der Waals surface area contributed by atoms with E-state index in [-0.39, 0.29) is 5.91 Å². The van der Waals surface area contributed by atoms with Crippen LogP contribution in [0.1, 0.15) is 13.8 Å². The fraction of sp³-hybridized carbons (Fsp3) is 0.235. The van der Waals surface area contributed by atoms with Gasteiger partial charge in [-0.25, -0.2) is 0 Å². The summed E-state index contributed by atoms with van der Waals surface area (Å²) in [6, 6.07) is 11.8. The van der Waals surface area contributed by atoms with E-state index in [1.54, 1.807) is 56.3 Å². The van der Waals surface area contributed by atoms with Gasteiger partial charge in [-0.1, -0.05) is 23.2 Å². The molecule has 23 heavy (non-hydrogen) atoms. The average Bonchev–Trinajstić information content (AvgIpc) is 2.49. The number of hydrogen-bond acceptors (Lipinski definition) is 3. The van der Waals surface area contributed by atoms with Gasteiger partial charge >= 0.3 is 0 Å². The van der Waals surface area contributed by atoms with Crippen LogP contribution in [-0.2, 0) is 4.79 Å². The summed E-state index contributed by atoms with van der Waals surface area (Å²) in [5.74, 6) is 0.741. The zero-order valence-electron chi connectivity index (χ0n) is 13.0. The summed E-state index contributed by atoms with van der Waals surface area (Å²) in [4.78, 5) is 12.5. The zero-order valence-corrected chi connectivity index (χ0v) is 14.5. The van der Waals surface area contributed by atoms with Gasteiger partial charge < -0.3 is 14.8 Å². The first-order valence-corrected chi connectivity index (χ1v) is 7.67. The number of carbonyl (C=O) groups is 1. The summed E-state index contributed by atoms with van der Waals surface area (Å²) in [7, 11) is 1.52. The van der Waals surface area contributed by atoms with Gasteiger partial charge in [0.05, 0.1) is 12.8 Å². The smallest absolute Gasteiger partial charge is 0.268 e. The van der Waals surface area contributed by atoms with E-state index in [9.17, 15) is 4.79 Å². The van der Waals surface area contributed by atoms with Gasteiger partial charge in [0, 0.05) is 10.0 Å². The number of benzene rings is 2. The van der Waals surface area contributed by atoms with Crippen LogP contribution in [0.25, 0.3) is 0 Å². The van der Waals surface area contributed by atoms with Crippen molar-refractivity contribution in [3.8, 4) is 11.5 Å². The highest BCUT2D eigenvalue weighted by molar-refractivity contribution is 6.31. The summed E-state index contributed by atoms with van der Waals surface area (Å²) < 4.78 is 11.0. The van der Waals surface area contributed by atoms with Crippen molar-refractivity contribution in [3.63, 3.8) is 0 Å². The van der Waals surface area contributed by atoms with E-state index in [1.807, 2.05) is 0 Å². The number of amides is 1. The van der Waals surface area contributed by atoms with Crippen molar-refractivity contribution in [1.29, 1.82) is 0 Å². The van der Waals surface area contributed by atoms with Crippen molar-refractivity contribution >= 4 is 34.8 Å². The summed E-state index contributed by atoms with van der Waals surface area (Å²) in [6.07, 6.45) is 0. The molecule has 0 unspecified atom stereocenters. The average molecular weight is 354 g/mol. The van der Waals surface area contributed by atoms with Crippen LogP contribution in [0.15, 0.2) is 42.5 Å². The Bertz CT molecular complexity index is 699. The predicted molar refractivity (Wildman–Crippen MR) is 92.8 cm³/mol. The molecule has 2 rings (SSSR count). The standard InChI is InChI=1S/C17H17Cl2NO3/c1-17(2,23-13-7-4-11(18)5-8-13)16(21)20-14-10-12(19)6-9-15(14)22-3/h4-10H,1-3H3,(H,20,21). The highest BCUT2D eigenvalue weighted by Crippen LogP contribution is 2.29. The van der Waals surface area contributed by atoms with Crippen molar-refractivity contribution < 1.29 is 14.3 Å². The molecule has 0 aliphatic carbocycles. The first kappa shape index (κ1) is 17.4. The molecule has 4 nitrogen and oxygen atoms in total. The highest BCUT2D eigenvalue weighted by atomic mass is 35.5. The zero-order chi connectivity index (χ0) is 17.0. The fourth-order valence-corrected chi connectivity index (χ4v) is 2.19. The third-order valence-electron chi connectivity index (χ3n) is 3.14. The summed E-state index contributed by atoms with van der Waals surface area (Å²) in [5, 5.41) is 3.87. The van der Waals surface area contributed by atoms with Crippen LogP contribution in [-0.4, -0.2) is 18.6 Å². The SMILES string of the molecule is COc1ccc(Cl)cc1NC(=O)C(C)(C)Oc1ccc(Cl)cc1. The van der Waals surface area contributed by atoms with Gasteiger partial charge in [0.25, 0.3) is 5.91 Å². The van der Waals surface area contributed by atoms with Gasteiger partial charge in [-0.05, 0) is 56.3 Å². The molecule has 0 aliphatic rings. The Hall–Kier alpha value is -1.91. The maximum absolute atomic E-state index is 12.5. The number of rotatable bonds is 5. The summed E-state index contributed by atoms with van der Waals surface area (Å²) in [6.45, 7) is 3.35. The van der Waals surface area contributed by atoms with Gasteiger partial charge in [-0.15, -0.1) is 0 Å². The number of methoxy groups -OCH3 is 1. The van der Waals surface area contributed by atoms with Crippen LogP contribution >= 0.6 is 23.2 Å². The number of halogens is 2. The maximum Gasteiger partial charge on any atom is 0.268 e. The lowest BCUT2D eigenvalue weighted by Crippen LogP contribution is -2.42. The number of hydrogen-bond donors (Lipinski definition) is 1. The fourth-order valence-electron chi connectivity index (χ4n) is 1.89. The predicted octanol–water partition coefficient (Wildman–Crippen LogP) is 4.80. The quantitative estimate of drug-likeness (QED) is 0.839. The molecule has 0 aliphatic heterocycles. The molecule has 0 fully saturated rings. The molecule has 0 aromatic heterocycles. The van der Waals surface area contributed by atoms with Crippen LogP contribution < -0.4 is 14.8 Å². The van der Waals surface area contributed by atoms with Crippen LogP contribution in [0, 0.1) is 0 Å². The maximum atomic E-state index is 12.5. The number of anilines is 1. The Morgan fingerprint density at radius 2 is 1.65 bits per heavy atom. The highest BCUT2D eigenvalue weighted by Gasteiger charge is 2.30. The molecule has 0 radical (unpaired) electrons. The van der Waals surface area contributed by atoms with Crippen molar-refractivity contribution in [3.05, 3.63) is 52.5 Å². The molecule has 0 saturated carbocycles. The van der Waals surface area contributed by atoms with Crippen LogP contribution in [0.4, 0.5) is 5.69 Å². The van der Waals surface area contributed by atoms with E-state index in [1.165, 1.54) is 7.11 Å². The molecule has 0 saturated heterocycles. The second kappa shape index (κ2) is 7.11. The first-order chi connectivity index (χ1) is 10.8. The van der Waals surface area contributed by atoms with Crippen molar-refractivity contribution in [1.82, 2.24) is 0 Å². The Balaban J connectivity index is 2.15. The number of carbonyl (C=O) groups excluding carboxylic acids is 1.